The standard InChI is InChI=1S/C8H13NO3/c1-6(10)9-8(4-5-8)3-2-7(11)12/h2-5H2,1H3,(H,9,10)(H,11,12). The van der Waals surface area contributed by atoms with E-state index in [2.05, 4.69) is 5.32 Å². The normalized spacial score (nSPS) is 18.4. The zero-order valence-corrected chi connectivity index (χ0v) is 7.09. The first-order valence-corrected chi connectivity index (χ1v) is 4.05. The molecule has 0 aromatic rings. The number of rotatable bonds is 4. The molecule has 2 N–H and O–H groups in total. The molecule has 1 aliphatic carbocycles. The Morgan fingerprint density at radius 3 is 2.42 bits per heavy atom. The molecule has 0 aromatic heterocycles. The number of nitrogens with one attached hydrogen (secondary N) is 1. The maximum absolute atomic E-state index is 10.7. The average molecular weight is 171 g/mol. The maximum Gasteiger partial charge on any atom is 0.303 e. The minimum Gasteiger partial charge on any atom is -0.481 e. The monoisotopic (exact) mass is 171 g/mol. The predicted molar refractivity (Wildman–Crippen MR) is 42.7 cm³/mol. The van der Waals surface area contributed by atoms with Crippen molar-refractivity contribution < 1.29 is 14.7 Å². The lowest BCUT2D eigenvalue weighted by Crippen LogP contribution is -2.35. The molecule has 68 valence electrons. The number of carboxylic acids is 1. The molecule has 0 atom stereocenters. The second-order valence-electron chi connectivity index (χ2n) is 3.36. The van der Waals surface area contributed by atoms with Crippen LogP contribution in [-0.2, 0) is 9.59 Å². The zero-order valence-electron chi connectivity index (χ0n) is 7.09. The highest BCUT2D eigenvalue weighted by Gasteiger charge is 2.43. The molecule has 1 aliphatic rings. The van der Waals surface area contributed by atoms with Crippen LogP contribution in [0, 0.1) is 0 Å². The molecule has 1 amide bonds. The van der Waals surface area contributed by atoms with E-state index < -0.39 is 5.97 Å². The summed E-state index contributed by atoms with van der Waals surface area (Å²) in [4.78, 5) is 20.9. The Bertz CT molecular complexity index is 208. The fraction of sp³-hybridized carbons (Fsp3) is 0.750. The van der Waals surface area contributed by atoms with Crippen molar-refractivity contribution >= 4 is 11.9 Å². The van der Waals surface area contributed by atoms with Gasteiger partial charge in [0.15, 0.2) is 0 Å². The lowest BCUT2D eigenvalue weighted by atomic mass is 10.1. The molecule has 0 spiro atoms. The van der Waals surface area contributed by atoms with Gasteiger partial charge in [0.1, 0.15) is 0 Å². The Balaban J connectivity index is 2.30. The summed E-state index contributed by atoms with van der Waals surface area (Å²) in [6.07, 6.45) is 2.53. The summed E-state index contributed by atoms with van der Waals surface area (Å²) in [6, 6.07) is 0. The summed E-state index contributed by atoms with van der Waals surface area (Å²) < 4.78 is 0. The van der Waals surface area contributed by atoms with Gasteiger partial charge in [0.05, 0.1) is 0 Å². The second-order valence-corrected chi connectivity index (χ2v) is 3.36. The van der Waals surface area contributed by atoms with Crippen molar-refractivity contribution in [3.63, 3.8) is 0 Å². The largest absolute Gasteiger partial charge is 0.481 e. The van der Waals surface area contributed by atoms with Crippen molar-refractivity contribution in [2.75, 3.05) is 0 Å². The molecule has 1 saturated carbocycles. The predicted octanol–water partition coefficient (Wildman–Crippen LogP) is 0.520. The van der Waals surface area contributed by atoms with Gasteiger partial charge in [-0.2, -0.15) is 0 Å². The zero-order chi connectivity index (χ0) is 9.19. The van der Waals surface area contributed by atoms with E-state index in [0.29, 0.717) is 6.42 Å². The molecule has 0 heterocycles. The number of aliphatic carboxylic acids is 1. The molecular weight excluding hydrogens is 158 g/mol. The molecular formula is C8H13NO3. The van der Waals surface area contributed by atoms with Crippen LogP contribution in [0.4, 0.5) is 0 Å². The summed E-state index contributed by atoms with van der Waals surface area (Å²) in [6.45, 7) is 1.46. The quantitative estimate of drug-likeness (QED) is 0.648. The SMILES string of the molecule is CC(=O)NC1(CCC(=O)O)CC1. The van der Waals surface area contributed by atoms with E-state index in [9.17, 15) is 9.59 Å². The molecule has 12 heavy (non-hydrogen) atoms. The van der Waals surface area contributed by atoms with Crippen LogP contribution in [0.2, 0.25) is 0 Å². The molecule has 1 fully saturated rings. The van der Waals surface area contributed by atoms with Gasteiger partial charge in [-0.25, -0.2) is 0 Å². The number of carbonyl (C=O) groups is 2. The van der Waals surface area contributed by atoms with Gasteiger partial charge in [0, 0.05) is 18.9 Å². The van der Waals surface area contributed by atoms with E-state index in [4.69, 9.17) is 5.11 Å². The number of amides is 1. The van der Waals surface area contributed by atoms with E-state index in [-0.39, 0.29) is 17.9 Å². The van der Waals surface area contributed by atoms with Gasteiger partial charge in [0.2, 0.25) is 5.91 Å². The lowest BCUT2D eigenvalue weighted by molar-refractivity contribution is -0.137. The van der Waals surface area contributed by atoms with Gasteiger partial charge in [0.25, 0.3) is 0 Å². The summed E-state index contributed by atoms with van der Waals surface area (Å²) in [5.41, 5.74) is -0.176. The molecule has 0 saturated heterocycles. The van der Waals surface area contributed by atoms with Gasteiger partial charge >= 0.3 is 5.97 Å². The van der Waals surface area contributed by atoms with Crippen LogP contribution < -0.4 is 5.32 Å². The van der Waals surface area contributed by atoms with E-state index >= 15 is 0 Å². The molecule has 0 aliphatic heterocycles. The molecule has 1 rings (SSSR count). The van der Waals surface area contributed by atoms with E-state index in [1.54, 1.807) is 0 Å². The first kappa shape index (κ1) is 9.03. The van der Waals surface area contributed by atoms with Crippen molar-refractivity contribution in [1.82, 2.24) is 5.32 Å². The van der Waals surface area contributed by atoms with Crippen LogP contribution in [0.3, 0.4) is 0 Å². The Kier molecular flexibility index (Phi) is 2.35. The van der Waals surface area contributed by atoms with Gasteiger partial charge in [-0.15, -0.1) is 0 Å². The minimum absolute atomic E-state index is 0.0714. The van der Waals surface area contributed by atoms with Crippen LogP contribution in [-0.4, -0.2) is 22.5 Å². The minimum atomic E-state index is -0.799. The number of hydrogen-bond donors (Lipinski definition) is 2. The molecule has 4 heteroatoms. The topological polar surface area (TPSA) is 66.4 Å². The third-order valence-corrected chi connectivity index (χ3v) is 2.11. The maximum atomic E-state index is 10.7. The molecule has 0 unspecified atom stereocenters. The third kappa shape index (κ3) is 2.53. The second kappa shape index (κ2) is 3.13. The first-order valence-electron chi connectivity index (χ1n) is 4.05. The lowest BCUT2D eigenvalue weighted by Gasteiger charge is -2.14. The Labute approximate surface area is 71.0 Å². The number of carboxylic acid groups (broad SMARTS) is 1. The highest BCUT2D eigenvalue weighted by Crippen LogP contribution is 2.39. The molecule has 4 nitrogen and oxygen atoms in total. The summed E-state index contributed by atoms with van der Waals surface area (Å²) in [5.74, 6) is -0.871. The third-order valence-electron chi connectivity index (χ3n) is 2.11. The average Bonchev–Trinajstić information content (AvgIpc) is 2.64. The molecule has 0 radical (unpaired) electrons. The summed E-state index contributed by atoms with van der Waals surface area (Å²) >= 11 is 0. The van der Waals surface area contributed by atoms with E-state index in [1.165, 1.54) is 6.92 Å². The van der Waals surface area contributed by atoms with Gasteiger partial charge in [-0.05, 0) is 19.3 Å². The van der Waals surface area contributed by atoms with E-state index in [1.807, 2.05) is 0 Å². The van der Waals surface area contributed by atoms with Crippen LogP contribution >= 0.6 is 0 Å². The van der Waals surface area contributed by atoms with Crippen LogP contribution in [0.1, 0.15) is 32.6 Å². The summed E-state index contributed by atoms with van der Waals surface area (Å²) in [5, 5.41) is 11.2. The van der Waals surface area contributed by atoms with Crippen LogP contribution in [0.25, 0.3) is 0 Å². The van der Waals surface area contributed by atoms with Gasteiger partial charge < -0.3 is 10.4 Å². The Hall–Kier alpha value is -1.06. The van der Waals surface area contributed by atoms with Crippen molar-refractivity contribution in [3.8, 4) is 0 Å². The number of carbonyl (C=O) groups excluding carboxylic acids is 1. The van der Waals surface area contributed by atoms with E-state index in [0.717, 1.165) is 12.8 Å². The smallest absolute Gasteiger partial charge is 0.303 e. The number of hydrogen-bond acceptors (Lipinski definition) is 2. The van der Waals surface area contributed by atoms with Gasteiger partial charge in [-0.3, -0.25) is 9.59 Å². The molecule has 0 aromatic carbocycles. The fourth-order valence-electron chi connectivity index (χ4n) is 1.31. The van der Waals surface area contributed by atoms with Crippen molar-refractivity contribution in [2.24, 2.45) is 0 Å². The Morgan fingerprint density at radius 2 is 2.08 bits per heavy atom. The first-order chi connectivity index (χ1) is 5.54. The van der Waals surface area contributed by atoms with Crippen LogP contribution in [0.15, 0.2) is 0 Å². The van der Waals surface area contributed by atoms with Crippen molar-refractivity contribution in [1.29, 1.82) is 0 Å². The van der Waals surface area contributed by atoms with Crippen molar-refractivity contribution in [3.05, 3.63) is 0 Å². The highest BCUT2D eigenvalue weighted by atomic mass is 16.4. The molecule has 0 bridgehead atoms. The Morgan fingerprint density at radius 1 is 1.50 bits per heavy atom. The van der Waals surface area contributed by atoms with Crippen LogP contribution in [0.5, 0.6) is 0 Å². The summed E-state index contributed by atoms with van der Waals surface area (Å²) in [7, 11) is 0. The highest BCUT2D eigenvalue weighted by molar-refractivity contribution is 5.74. The van der Waals surface area contributed by atoms with Crippen molar-refractivity contribution in [2.45, 2.75) is 38.1 Å². The fourth-order valence-corrected chi connectivity index (χ4v) is 1.31. The van der Waals surface area contributed by atoms with Gasteiger partial charge in [-0.1, -0.05) is 0 Å².